The lowest BCUT2D eigenvalue weighted by molar-refractivity contribution is 0.0633. The molecule has 0 bridgehead atoms. The number of aromatic nitrogens is 1. The summed E-state index contributed by atoms with van der Waals surface area (Å²) in [5, 5.41) is 0. The van der Waals surface area contributed by atoms with Crippen LogP contribution in [0, 0.1) is 5.92 Å². The summed E-state index contributed by atoms with van der Waals surface area (Å²) in [5.74, 6) is 0.346. The number of hydrogen-bond donors (Lipinski definition) is 2. The Balaban J connectivity index is 2.02. The van der Waals surface area contributed by atoms with E-state index in [0.717, 1.165) is 12.8 Å². The van der Waals surface area contributed by atoms with E-state index in [4.69, 9.17) is 16.2 Å². The van der Waals surface area contributed by atoms with Crippen LogP contribution in [0.5, 0.6) is 5.88 Å². The highest BCUT2D eigenvalue weighted by Gasteiger charge is 2.30. The first kappa shape index (κ1) is 10.9. The number of carbonyl (C=O) groups is 1. The fourth-order valence-electron chi connectivity index (χ4n) is 1.79. The fourth-order valence-corrected chi connectivity index (χ4v) is 1.79. The maximum atomic E-state index is 11.1. The Morgan fingerprint density at radius 1 is 1.56 bits per heavy atom. The van der Waals surface area contributed by atoms with Crippen molar-refractivity contribution < 1.29 is 9.53 Å². The molecule has 0 unspecified atom stereocenters. The quantitative estimate of drug-likeness (QED) is 0.764. The summed E-state index contributed by atoms with van der Waals surface area (Å²) in [7, 11) is 0. The molecule has 1 aromatic heterocycles. The molecule has 5 heteroatoms. The monoisotopic (exact) mass is 221 g/mol. The van der Waals surface area contributed by atoms with Crippen LogP contribution in [0.1, 0.15) is 23.2 Å². The van der Waals surface area contributed by atoms with Crippen molar-refractivity contribution in [3.05, 3.63) is 23.9 Å². The summed E-state index contributed by atoms with van der Waals surface area (Å²) >= 11 is 0. The van der Waals surface area contributed by atoms with Gasteiger partial charge in [-0.1, -0.05) is 0 Å². The van der Waals surface area contributed by atoms with Gasteiger partial charge in [0.15, 0.2) is 0 Å². The lowest BCUT2D eigenvalue weighted by Gasteiger charge is -2.34. The minimum atomic E-state index is -0.516. The fraction of sp³-hybridized carbons (Fsp3) is 0.455. The Morgan fingerprint density at radius 3 is 2.94 bits per heavy atom. The van der Waals surface area contributed by atoms with Crippen molar-refractivity contribution in [1.29, 1.82) is 0 Å². The predicted octanol–water partition coefficient (Wildman–Crippen LogP) is 0.297. The number of nitrogens with two attached hydrogens (primary N) is 2. The second-order valence-electron chi connectivity index (χ2n) is 4.03. The van der Waals surface area contributed by atoms with Gasteiger partial charge < -0.3 is 16.2 Å². The first-order valence-corrected chi connectivity index (χ1v) is 5.32. The van der Waals surface area contributed by atoms with Crippen molar-refractivity contribution in [2.75, 3.05) is 6.54 Å². The smallest absolute Gasteiger partial charge is 0.254 e. The molecule has 0 aliphatic heterocycles. The number of primary amides is 1. The second kappa shape index (κ2) is 4.49. The van der Waals surface area contributed by atoms with Gasteiger partial charge in [-0.25, -0.2) is 4.98 Å². The molecule has 2 rings (SSSR count). The van der Waals surface area contributed by atoms with Crippen LogP contribution in [0.25, 0.3) is 0 Å². The Kier molecular flexibility index (Phi) is 3.05. The minimum absolute atomic E-state index is 0.113. The van der Waals surface area contributed by atoms with Gasteiger partial charge in [0.1, 0.15) is 11.7 Å². The van der Waals surface area contributed by atoms with Gasteiger partial charge in [-0.05, 0) is 37.4 Å². The van der Waals surface area contributed by atoms with E-state index in [-0.39, 0.29) is 6.10 Å². The topological polar surface area (TPSA) is 91.2 Å². The normalized spacial score (nSPS) is 23.6. The van der Waals surface area contributed by atoms with Crippen molar-refractivity contribution in [2.45, 2.75) is 18.9 Å². The maximum Gasteiger partial charge on any atom is 0.254 e. The number of ether oxygens (including phenoxy) is 1. The Morgan fingerprint density at radius 2 is 2.31 bits per heavy atom. The molecule has 4 N–H and O–H groups in total. The molecule has 1 aromatic rings. The number of carbonyl (C=O) groups excluding carboxylic acids is 1. The Hall–Kier alpha value is -1.62. The Bertz CT molecular complexity index is 389. The summed E-state index contributed by atoms with van der Waals surface area (Å²) in [4.78, 5) is 15.1. The van der Waals surface area contributed by atoms with Crippen LogP contribution in [0.2, 0.25) is 0 Å². The molecule has 0 spiro atoms. The number of pyridine rings is 1. The molecule has 5 nitrogen and oxygen atoms in total. The number of amides is 1. The first-order valence-electron chi connectivity index (χ1n) is 5.32. The molecule has 0 aromatic carbocycles. The highest BCUT2D eigenvalue weighted by Crippen LogP contribution is 2.30. The molecule has 1 heterocycles. The minimum Gasteiger partial charge on any atom is -0.474 e. The van der Waals surface area contributed by atoms with Gasteiger partial charge in [0.2, 0.25) is 5.88 Å². The molecule has 0 saturated heterocycles. The molecule has 1 aliphatic carbocycles. The highest BCUT2D eigenvalue weighted by molar-refractivity contribution is 5.94. The Labute approximate surface area is 93.8 Å². The molecule has 0 radical (unpaired) electrons. The molecule has 86 valence electrons. The largest absolute Gasteiger partial charge is 0.474 e. The van der Waals surface area contributed by atoms with Crippen molar-refractivity contribution in [3.8, 4) is 5.88 Å². The molecule has 1 aliphatic rings. The average Bonchev–Trinajstić information content (AvgIpc) is 2.23. The predicted molar refractivity (Wildman–Crippen MR) is 58.9 cm³/mol. The zero-order chi connectivity index (χ0) is 11.5. The van der Waals surface area contributed by atoms with E-state index < -0.39 is 5.91 Å². The number of nitrogens with zero attached hydrogens (tertiary/aromatic N) is 1. The summed E-state index contributed by atoms with van der Waals surface area (Å²) in [6.07, 6.45) is 3.54. The third-order valence-electron chi connectivity index (χ3n) is 2.84. The van der Waals surface area contributed by atoms with Crippen LogP contribution in [-0.2, 0) is 0 Å². The lowest BCUT2D eigenvalue weighted by Crippen LogP contribution is -2.38. The number of hydrogen-bond acceptors (Lipinski definition) is 4. The molecule has 1 fully saturated rings. The van der Waals surface area contributed by atoms with Gasteiger partial charge in [-0.2, -0.15) is 0 Å². The zero-order valence-corrected chi connectivity index (χ0v) is 8.93. The van der Waals surface area contributed by atoms with Gasteiger partial charge in [0.25, 0.3) is 5.91 Å². The van der Waals surface area contributed by atoms with Gasteiger partial charge in [0, 0.05) is 6.20 Å². The van der Waals surface area contributed by atoms with Crippen LogP contribution >= 0.6 is 0 Å². The SMILES string of the molecule is NCC1CC(Oc2ncccc2C(N)=O)C1. The molecule has 0 atom stereocenters. The van der Waals surface area contributed by atoms with Crippen LogP contribution in [0.4, 0.5) is 0 Å². The van der Waals surface area contributed by atoms with E-state index in [0.29, 0.717) is 23.9 Å². The van der Waals surface area contributed by atoms with Crippen LogP contribution < -0.4 is 16.2 Å². The van der Waals surface area contributed by atoms with E-state index in [1.807, 2.05) is 0 Å². The van der Waals surface area contributed by atoms with Crippen LogP contribution in [-0.4, -0.2) is 23.5 Å². The molecule has 16 heavy (non-hydrogen) atoms. The number of rotatable bonds is 4. The summed E-state index contributed by atoms with van der Waals surface area (Å²) < 4.78 is 5.61. The van der Waals surface area contributed by atoms with Gasteiger partial charge in [-0.3, -0.25) is 4.79 Å². The molecule has 1 amide bonds. The summed E-state index contributed by atoms with van der Waals surface area (Å²) in [6.45, 7) is 0.685. The van der Waals surface area contributed by atoms with Crippen molar-refractivity contribution in [1.82, 2.24) is 4.98 Å². The van der Waals surface area contributed by atoms with Gasteiger partial charge in [-0.15, -0.1) is 0 Å². The van der Waals surface area contributed by atoms with Gasteiger partial charge >= 0.3 is 0 Å². The van der Waals surface area contributed by atoms with E-state index in [1.165, 1.54) is 0 Å². The summed E-state index contributed by atoms with van der Waals surface area (Å²) in [6, 6.07) is 3.28. The first-order chi connectivity index (χ1) is 7.70. The van der Waals surface area contributed by atoms with Gasteiger partial charge in [0.05, 0.1) is 0 Å². The lowest BCUT2D eigenvalue weighted by atomic mass is 9.82. The standard InChI is InChI=1S/C11H15N3O2/c12-6-7-4-8(5-7)16-11-9(10(13)15)2-1-3-14-11/h1-3,7-8H,4-6,12H2,(H2,13,15). The van der Waals surface area contributed by atoms with E-state index >= 15 is 0 Å². The highest BCUT2D eigenvalue weighted by atomic mass is 16.5. The molecular weight excluding hydrogens is 206 g/mol. The third-order valence-corrected chi connectivity index (χ3v) is 2.84. The average molecular weight is 221 g/mol. The second-order valence-corrected chi connectivity index (χ2v) is 4.03. The zero-order valence-electron chi connectivity index (χ0n) is 8.93. The maximum absolute atomic E-state index is 11.1. The van der Waals surface area contributed by atoms with E-state index in [2.05, 4.69) is 4.98 Å². The van der Waals surface area contributed by atoms with E-state index in [1.54, 1.807) is 18.3 Å². The van der Waals surface area contributed by atoms with Crippen molar-refractivity contribution in [2.24, 2.45) is 17.4 Å². The van der Waals surface area contributed by atoms with Crippen molar-refractivity contribution in [3.63, 3.8) is 0 Å². The third kappa shape index (κ3) is 2.14. The van der Waals surface area contributed by atoms with Crippen LogP contribution in [0.15, 0.2) is 18.3 Å². The van der Waals surface area contributed by atoms with Crippen molar-refractivity contribution >= 4 is 5.91 Å². The molecular formula is C11H15N3O2. The molecule has 1 saturated carbocycles. The van der Waals surface area contributed by atoms with E-state index in [9.17, 15) is 4.79 Å². The summed E-state index contributed by atoms with van der Waals surface area (Å²) in [5.41, 5.74) is 11.1. The van der Waals surface area contributed by atoms with Crippen LogP contribution in [0.3, 0.4) is 0 Å².